The van der Waals surface area contributed by atoms with Crippen LogP contribution in [0.4, 0.5) is 5.69 Å². The molecule has 6 heteroatoms. The minimum absolute atomic E-state index is 0.144. The zero-order chi connectivity index (χ0) is 16.9. The molecule has 2 N–H and O–H groups in total. The molecule has 0 aliphatic heterocycles. The number of benzene rings is 2. The van der Waals surface area contributed by atoms with E-state index in [1.807, 2.05) is 18.2 Å². The van der Waals surface area contributed by atoms with Gasteiger partial charge in [-0.2, -0.15) is 5.10 Å². The maximum atomic E-state index is 11.1. The van der Waals surface area contributed by atoms with Crippen molar-refractivity contribution in [1.29, 1.82) is 0 Å². The maximum absolute atomic E-state index is 11.1. The number of hydrogen-bond donors (Lipinski definition) is 2. The molecule has 0 spiro atoms. The normalized spacial score (nSPS) is 10.9. The molecule has 24 heavy (non-hydrogen) atoms. The molecule has 0 atom stereocenters. The minimum atomic E-state index is -1.02. The number of hydrazone groups is 1. The summed E-state index contributed by atoms with van der Waals surface area (Å²) in [7, 11) is 0. The van der Waals surface area contributed by atoms with Crippen molar-refractivity contribution in [2.24, 2.45) is 5.10 Å². The Morgan fingerprint density at radius 1 is 1.08 bits per heavy atom. The van der Waals surface area contributed by atoms with Gasteiger partial charge >= 0.3 is 5.97 Å². The molecular weight excluding hydrogens is 328 g/mol. The van der Waals surface area contributed by atoms with E-state index in [2.05, 4.69) is 10.5 Å². The second-order valence-corrected chi connectivity index (χ2v) is 5.31. The molecule has 3 aromatic rings. The molecule has 0 saturated heterocycles. The highest BCUT2D eigenvalue weighted by Crippen LogP contribution is 2.28. The van der Waals surface area contributed by atoms with Gasteiger partial charge < -0.3 is 9.52 Å². The third-order valence-corrected chi connectivity index (χ3v) is 3.63. The van der Waals surface area contributed by atoms with E-state index in [9.17, 15) is 4.79 Å². The summed E-state index contributed by atoms with van der Waals surface area (Å²) >= 11 is 6.14. The number of rotatable bonds is 5. The first kappa shape index (κ1) is 15.8. The summed E-state index contributed by atoms with van der Waals surface area (Å²) < 4.78 is 5.68. The van der Waals surface area contributed by atoms with Gasteiger partial charge in [0, 0.05) is 5.56 Å². The molecule has 1 heterocycles. The smallest absolute Gasteiger partial charge is 0.337 e. The van der Waals surface area contributed by atoms with E-state index >= 15 is 0 Å². The van der Waals surface area contributed by atoms with E-state index in [-0.39, 0.29) is 5.56 Å². The molecule has 0 fully saturated rings. The lowest BCUT2D eigenvalue weighted by Gasteiger charge is -2.03. The van der Waals surface area contributed by atoms with Crippen LogP contribution >= 0.6 is 11.6 Å². The van der Waals surface area contributed by atoms with Gasteiger partial charge in [-0.15, -0.1) is 0 Å². The minimum Gasteiger partial charge on any atom is -0.478 e. The van der Waals surface area contributed by atoms with Crippen LogP contribution in [-0.2, 0) is 0 Å². The number of para-hydroxylation sites is 1. The number of carboxylic acids is 1. The third-order valence-electron chi connectivity index (χ3n) is 3.30. The second-order valence-electron chi connectivity index (χ2n) is 4.90. The number of anilines is 1. The standard InChI is InChI=1S/C18H13ClN2O3/c19-15-7-3-1-5-13(15)17-10-9-12(24-17)11-20-21-16-8-4-2-6-14(16)18(22)23/h1-11,21H,(H,22,23). The first-order valence-corrected chi connectivity index (χ1v) is 7.49. The molecule has 0 aliphatic rings. The molecule has 0 bridgehead atoms. The van der Waals surface area contributed by atoms with Crippen molar-refractivity contribution in [3.8, 4) is 11.3 Å². The molecule has 0 saturated carbocycles. The number of hydrogen-bond acceptors (Lipinski definition) is 4. The monoisotopic (exact) mass is 340 g/mol. The van der Waals surface area contributed by atoms with Crippen LogP contribution in [0.5, 0.6) is 0 Å². The van der Waals surface area contributed by atoms with Crippen LogP contribution in [0, 0.1) is 0 Å². The Balaban J connectivity index is 1.75. The molecular formula is C18H13ClN2O3. The topological polar surface area (TPSA) is 74.8 Å². The molecule has 0 unspecified atom stereocenters. The summed E-state index contributed by atoms with van der Waals surface area (Å²) in [5.74, 6) is 0.130. The molecule has 5 nitrogen and oxygen atoms in total. The molecule has 2 aromatic carbocycles. The molecule has 0 radical (unpaired) electrons. The van der Waals surface area contributed by atoms with Crippen LogP contribution in [0.2, 0.25) is 5.02 Å². The van der Waals surface area contributed by atoms with Crippen molar-refractivity contribution in [3.05, 3.63) is 77.0 Å². The summed E-state index contributed by atoms with van der Waals surface area (Å²) in [5, 5.41) is 13.7. The number of carbonyl (C=O) groups is 1. The lowest BCUT2D eigenvalue weighted by Crippen LogP contribution is -2.01. The van der Waals surface area contributed by atoms with Gasteiger partial charge in [0.05, 0.1) is 22.5 Å². The van der Waals surface area contributed by atoms with E-state index in [4.69, 9.17) is 21.1 Å². The van der Waals surface area contributed by atoms with E-state index in [0.29, 0.717) is 22.2 Å². The predicted molar refractivity (Wildman–Crippen MR) is 93.8 cm³/mol. The summed E-state index contributed by atoms with van der Waals surface area (Å²) in [6.45, 7) is 0. The van der Waals surface area contributed by atoms with E-state index in [0.717, 1.165) is 5.56 Å². The zero-order valence-corrected chi connectivity index (χ0v) is 13.2. The number of furan rings is 1. The fourth-order valence-corrected chi connectivity index (χ4v) is 2.39. The van der Waals surface area contributed by atoms with Crippen molar-refractivity contribution in [3.63, 3.8) is 0 Å². The second kappa shape index (κ2) is 7.02. The molecule has 1 aromatic heterocycles. The van der Waals surface area contributed by atoms with Gasteiger partial charge in [-0.1, -0.05) is 35.9 Å². The van der Waals surface area contributed by atoms with Gasteiger partial charge in [-0.25, -0.2) is 4.79 Å². The van der Waals surface area contributed by atoms with Gasteiger partial charge in [0.1, 0.15) is 11.5 Å². The first-order chi connectivity index (χ1) is 11.6. The Kier molecular flexibility index (Phi) is 4.63. The van der Waals surface area contributed by atoms with Crippen LogP contribution < -0.4 is 5.43 Å². The van der Waals surface area contributed by atoms with Crippen molar-refractivity contribution in [1.82, 2.24) is 0 Å². The van der Waals surface area contributed by atoms with Crippen LogP contribution in [-0.4, -0.2) is 17.3 Å². The summed E-state index contributed by atoms with van der Waals surface area (Å²) in [5.41, 5.74) is 4.05. The predicted octanol–water partition coefficient (Wildman–Crippen LogP) is 4.74. The van der Waals surface area contributed by atoms with Gasteiger partial charge in [0.2, 0.25) is 0 Å². The first-order valence-electron chi connectivity index (χ1n) is 7.11. The van der Waals surface area contributed by atoms with Crippen molar-refractivity contribution in [2.75, 3.05) is 5.43 Å². The number of nitrogens with zero attached hydrogens (tertiary/aromatic N) is 1. The van der Waals surface area contributed by atoms with Gasteiger partial charge in [0.25, 0.3) is 0 Å². The van der Waals surface area contributed by atoms with Crippen LogP contribution in [0.3, 0.4) is 0 Å². The quantitative estimate of drug-likeness (QED) is 0.519. The molecule has 0 amide bonds. The Labute approximate surface area is 143 Å². The van der Waals surface area contributed by atoms with Crippen molar-refractivity contribution >= 4 is 29.5 Å². The highest BCUT2D eigenvalue weighted by Gasteiger charge is 2.08. The Morgan fingerprint density at radius 3 is 2.62 bits per heavy atom. The average Bonchev–Trinajstić information content (AvgIpc) is 3.04. The highest BCUT2D eigenvalue weighted by molar-refractivity contribution is 6.33. The average molecular weight is 341 g/mol. The summed E-state index contributed by atoms with van der Waals surface area (Å²) in [6, 6.07) is 17.5. The number of halogens is 1. The van der Waals surface area contributed by atoms with Crippen molar-refractivity contribution in [2.45, 2.75) is 0 Å². The van der Waals surface area contributed by atoms with Crippen LogP contribution in [0.25, 0.3) is 11.3 Å². The lowest BCUT2D eigenvalue weighted by atomic mass is 10.2. The van der Waals surface area contributed by atoms with Gasteiger partial charge in [0.15, 0.2) is 0 Å². The highest BCUT2D eigenvalue weighted by atomic mass is 35.5. The SMILES string of the molecule is O=C(O)c1ccccc1NN=Cc1ccc(-c2ccccc2Cl)o1. The van der Waals surface area contributed by atoms with Gasteiger partial charge in [-0.05, 0) is 36.4 Å². The molecule has 0 aliphatic carbocycles. The lowest BCUT2D eigenvalue weighted by molar-refractivity contribution is 0.0698. The molecule has 3 rings (SSSR count). The van der Waals surface area contributed by atoms with Crippen LogP contribution in [0.1, 0.15) is 16.1 Å². The van der Waals surface area contributed by atoms with Crippen molar-refractivity contribution < 1.29 is 14.3 Å². The maximum Gasteiger partial charge on any atom is 0.337 e. The Bertz CT molecular complexity index is 903. The van der Waals surface area contributed by atoms with Gasteiger partial charge in [-0.3, -0.25) is 5.43 Å². The zero-order valence-electron chi connectivity index (χ0n) is 12.4. The third kappa shape index (κ3) is 3.47. The van der Waals surface area contributed by atoms with Crippen LogP contribution in [0.15, 0.2) is 70.2 Å². The van der Waals surface area contributed by atoms with E-state index < -0.39 is 5.97 Å². The number of aromatic carboxylic acids is 1. The number of nitrogens with one attached hydrogen (secondary N) is 1. The fourth-order valence-electron chi connectivity index (χ4n) is 2.16. The van der Waals surface area contributed by atoms with E-state index in [1.165, 1.54) is 12.3 Å². The largest absolute Gasteiger partial charge is 0.478 e. The molecule has 120 valence electrons. The Hall–Kier alpha value is -3.05. The summed E-state index contributed by atoms with van der Waals surface area (Å²) in [6.07, 6.45) is 1.47. The fraction of sp³-hybridized carbons (Fsp3) is 0. The number of carboxylic acid groups (broad SMARTS) is 1. The summed E-state index contributed by atoms with van der Waals surface area (Å²) in [4.78, 5) is 11.1. The Morgan fingerprint density at radius 2 is 1.83 bits per heavy atom. The van der Waals surface area contributed by atoms with E-state index in [1.54, 1.807) is 36.4 Å².